The highest BCUT2D eigenvalue weighted by Gasteiger charge is 2.28. The van der Waals surface area contributed by atoms with E-state index < -0.39 is 5.97 Å². The van der Waals surface area contributed by atoms with E-state index in [1.807, 2.05) is 0 Å². The van der Waals surface area contributed by atoms with E-state index in [1.165, 1.54) is 0 Å². The van der Waals surface area contributed by atoms with Crippen molar-refractivity contribution in [3.8, 4) is 0 Å². The van der Waals surface area contributed by atoms with E-state index in [0.717, 1.165) is 18.7 Å². The van der Waals surface area contributed by atoms with Crippen molar-refractivity contribution >= 4 is 5.97 Å². The number of aliphatic carboxylic acids is 1. The fraction of sp³-hybridized carbons (Fsp3) is 0.700. The molecule has 82 valence electrons. The molecule has 1 fully saturated rings. The summed E-state index contributed by atoms with van der Waals surface area (Å²) < 4.78 is 4.91. The number of aromatic nitrogens is 2. The van der Waals surface area contributed by atoms with Gasteiger partial charge in [-0.15, -0.1) is 0 Å². The Labute approximate surface area is 87.5 Å². The summed E-state index contributed by atoms with van der Waals surface area (Å²) >= 11 is 0. The number of rotatable bonds is 2. The van der Waals surface area contributed by atoms with Gasteiger partial charge in [0.05, 0.1) is 5.92 Å². The number of hydrogen-bond acceptors (Lipinski definition) is 4. The summed E-state index contributed by atoms with van der Waals surface area (Å²) in [6.07, 6.45) is 3.12. The molecule has 1 aliphatic rings. The maximum atomic E-state index is 10.8. The molecule has 1 heterocycles. The lowest BCUT2D eigenvalue weighted by molar-refractivity contribution is -0.142. The van der Waals surface area contributed by atoms with E-state index in [9.17, 15) is 4.79 Å². The van der Waals surface area contributed by atoms with Crippen LogP contribution < -0.4 is 0 Å². The van der Waals surface area contributed by atoms with E-state index >= 15 is 0 Å². The largest absolute Gasteiger partial charge is 0.481 e. The van der Waals surface area contributed by atoms with Gasteiger partial charge in [0.2, 0.25) is 5.89 Å². The van der Waals surface area contributed by atoms with Gasteiger partial charge in [-0.05, 0) is 25.7 Å². The van der Waals surface area contributed by atoms with Gasteiger partial charge in [-0.2, -0.15) is 4.98 Å². The first-order valence-electron chi connectivity index (χ1n) is 5.20. The zero-order chi connectivity index (χ0) is 10.8. The normalized spacial score (nSPS) is 26.5. The quantitative estimate of drug-likeness (QED) is 0.804. The summed E-state index contributed by atoms with van der Waals surface area (Å²) in [5, 5.41) is 12.7. The molecular weight excluding hydrogens is 196 g/mol. The summed E-state index contributed by atoms with van der Waals surface area (Å²) in [7, 11) is 0. The predicted octanol–water partition coefficient (Wildman–Crippen LogP) is 1.74. The average Bonchev–Trinajstić information content (AvgIpc) is 2.65. The van der Waals surface area contributed by atoms with E-state index in [2.05, 4.69) is 10.1 Å². The molecule has 15 heavy (non-hydrogen) atoms. The fourth-order valence-corrected chi connectivity index (χ4v) is 2.08. The number of hydrogen-bond donors (Lipinski definition) is 1. The van der Waals surface area contributed by atoms with Crippen LogP contribution in [-0.2, 0) is 4.79 Å². The number of carbonyl (C=O) groups is 1. The highest BCUT2D eigenvalue weighted by Crippen LogP contribution is 2.34. The number of nitrogens with zero attached hydrogens (tertiary/aromatic N) is 2. The van der Waals surface area contributed by atoms with Gasteiger partial charge in [-0.25, -0.2) is 0 Å². The maximum Gasteiger partial charge on any atom is 0.306 e. The molecule has 0 spiro atoms. The lowest BCUT2D eigenvalue weighted by Crippen LogP contribution is -2.21. The monoisotopic (exact) mass is 210 g/mol. The number of carboxylic acids is 1. The molecule has 1 aromatic rings. The molecule has 0 saturated heterocycles. The molecule has 1 aliphatic carbocycles. The van der Waals surface area contributed by atoms with Gasteiger partial charge in [0.15, 0.2) is 5.82 Å². The third kappa shape index (κ3) is 2.16. The Hall–Kier alpha value is -1.39. The van der Waals surface area contributed by atoms with Crippen molar-refractivity contribution < 1.29 is 14.4 Å². The lowest BCUT2D eigenvalue weighted by Gasteiger charge is -2.23. The van der Waals surface area contributed by atoms with Gasteiger partial charge in [0.25, 0.3) is 0 Å². The van der Waals surface area contributed by atoms with Gasteiger partial charge in [-0.3, -0.25) is 4.79 Å². The third-order valence-corrected chi connectivity index (χ3v) is 2.98. The van der Waals surface area contributed by atoms with E-state index in [4.69, 9.17) is 9.63 Å². The van der Waals surface area contributed by atoms with Gasteiger partial charge in [-0.1, -0.05) is 5.16 Å². The first-order valence-corrected chi connectivity index (χ1v) is 5.20. The first-order chi connectivity index (χ1) is 7.16. The minimum atomic E-state index is -0.683. The molecule has 0 aromatic carbocycles. The molecule has 0 bridgehead atoms. The van der Waals surface area contributed by atoms with Crippen LogP contribution in [0.4, 0.5) is 0 Å². The zero-order valence-corrected chi connectivity index (χ0v) is 8.64. The second kappa shape index (κ2) is 4.00. The molecule has 0 aliphatic heterocycles. The van der Waals surface area contributed by atoms with Crippen molar-refractivity contribution in [3.63, 3.8) is 0 Å². The van der Waals surface area contributed by atoms with Gasteiger partial charge in [0.1, 0.15) is 0 Å². The maximum absolute atomic E-state index is 10.8. The van der Waals surface area contributed by atoms with Crippen molar-refractivity contribution in [2.24, 2.45) is 5.92 Å². The first kappa shape index (κ1) is 10.1. The van der Waals surface area contributed by atoms with Crippen molar-refractivity contribution in [2.75, 3.05) is 0 Å². The number of aryl methyl sites for hydroxylation is 1. The lowest BCUT2D eigenvalue weighted by atomic mass is 9.82. The summed E-state index contributed by atoms with van der Waals surface area (Å²) in [5.74, 6) is 0.715. The van der Waals surface area contributed by atoms with E-state index in [0.29, 0.717) is 18.7 Å². The Morgan fingerprint density at radius 3 is 2.53 bits per heavy atom. The second-order valence-electron chi connectivity index (χ2n) is 4.06. The van der Waals surface area contributed by atoms with E-state index in [-0.39, 0.29) is 11.8 Å². The van der Waals surface area contributed by atoms with Crippen molar-refractivity contribution in [2.45, 2.75) is 38.5 Å². The molecule has 0 unspecified atom stereocenters. The number of carboxylic acid groups (broad SMARTS) is 1. The second-order valence-corrected chi connectivity index (χ2v) is 4.06. The van der Waals surface area contributed by atoms with Crippen LogP contribution in [0.2, 0.25) is 0 Å². The molecule has 0 radical (unpaired) electrons. The van der Waals surface area contributed by atoms with Gasteiger partial charge in [0, 0.05) is 12.8 Å². The van der Waals surface area contributed by atoms with Crippen LogP contribution in [0.3, 0.4) is 0 Å². The summed E-state index contributed by atoms with van der Waals surface area (Å²) in [4.78, 5) is 14.9. The average molecular weight is 210 g/mol. The van der Waals surface area contributed by atoms with E-state index in [1.54, 1.807) is 6.92 Å². The highest BCUT2D eigenvalue weighted by molar-refractivity contribution is 5.70. The summed E-state index contributed by atoms with van der Waals surface area (Å²) in [6.45, 7) is 1.76. The topological polar surface area (TPSA) is 76.2 Å². The zero-order valence-electron chi connectivity index (χ0n) is 8.64. The van der Waals surface area contributed by atoms with Gasteiger partial charge >= 0.3 is 5.97 Å². The summed E-state index contributed by atoms with van der Waals surface area (Å²) in [6, 6.07) is 0. The Morgan fingerprint density at radius 1 is 1.40 bits per heavy atom. The summed E-state index contributed by atoms with van der Waals surface area (Å²) in [5.41, 5.74) is 0. The van der Waals surface area contributed by atoms with Crippen LogP contribution in [0.1, 0.15) is 43.3 Å². The molecule has 1 aromatic heterocycles. The Kier molecular flexibility index (Phi) is 2.70. The van der Waals surface area contributed by atoms with Crippen LogP contribution in [0, 0.1) is 12.8 Å². The predicted molar refractivity (Wildman–Crippen MR) is 51.4 cm³/mol. The van der Waals surface area contributed by atoms with Crippen molar-refractivity contribution in [1.82, 2.24) is 10.1 Å². The molecule has 1 saturated carbocycles. The molecule has 0 atom stereocenters. The van der Waals surface area contributed by atoms with Crippen LogP contribution in [0.15, 0.2) is 4.52 Å². The van der Waals surface area contributed by atoms with Crippen molar-refractivity contribution in [3.05, 3.63) is 11.7 Å². The highest BCUT2D eigenvalue weighted by atomic mass is 16.5. The Morgan fingerprint density at radius 2 is 2.07 bits per heavy atom. The van der Waals surface area contributed by atoms with Crippen LogP contribution >= 0.6 is 0 Å². The standard InChI is InChI=1S/C10H14N2O3/c1-6-11-9(12-15-6)7-2-4-8(5-3-7)10(13)14/h7-8H,2-5H2,1H3,(H,13,14). The van der Waals surface area contributed by atoms with Crippen LogP contribution in [0.25, 0.3) is 0 Å². The van der Waals surface area contributed by atoms with Crippen molar-refractivity contribution in [1.29, 1.82) is 0 Å². The van der Waals surface area contributed by atoms with Gasteiger partial charge < -0.3 is 9.63 Å². The SMILES string of the molecule is Cc1nc(C2CCC(C(=O)O)CC2)no1. The van der Waals surface area contributed by atoms with Crippen LogP contribution in [-0.4, -0.2) is 21.2 Å². The smallest absolute Gasteiger partial charge is 0.306 e. The molecule has 1 N–H and O–H groups in total. The fourth-order valence-electron chi connectivity index (χ4n) is 2.08. The minimum absolute atomic E-state index is 0.186. The molecule has 5 heteroatoms. The Balaban J connectivity index is 1.96. The van der Waals surface area contributed by atoms with Crippen LogP contribution in [0.5, 0.6) is 0 Å². The minimum Gasteiger partial charge on any atom is -0.481 e. The molecule has 0 amide bonds. The molecular formula is C10H14N2O3. The molecule has 5 nitrogen and oxygen atoms in total. The Bertz CT molecular complexity index is 353. The third-order valence-electron chi connectivity index (χ3n) is 2.98. The molecule has 2 rings (SSSR count).